The second kappa shape index (κ2) is 5.21. The number of ether oxygens (including phenoxy) is 3. The second-order valence-corrected chi connectivity index (χ2v) is 5.05. The lowest BCUT2D eigenvalue weighted by atomic mass is 9.97. The van der Waals surface area contributed by atoms with E-state index in [4.69, 9.17) is 14.2 Å². The molecule has 0 amide bonds. The zero-order chi connectivity index (χ0) is 14.0. The van der Waals surface area contributed by atoms with Gasteiger partial charge in [0.05, 0.1) is 12.7 Å². The Morgan fingerprint density at radius 3 is 2.53 bits per heavy atom. The molecule has 104 valence electrons. The number of carbonyl (C=O) groups is 1. The number of esters is 1. The monoisotopic (exact) mass is 264 g/mol. The maximum Gasteiger partial charge on any atom is 0.338 e. The lowest BCUT2D eigenvalue weighted by Gasteiger charge is -2.11. The maximum absolute atomic E-state index is 11.6. The highest BCUT2D eigenvalue weighted by Gasteiger charge is 2.59. The smallest absolute Gasteiger partial charge is 0.338 e. The highest BCUT2D eigenvalue weighted by atomic mass is 16.7. The van der Waals surface area contributed by atoms with Crippen LogP contribution in [0.3, 0.4) is 0 Å². The molecule has 0 radical (unpaired) electrons. The Balaban J connectivity index is 2.05. The third-order valence-corrected chi connectivity index (χ3v) is 3.11. The van der Waals surface area contributed by atoms with Crippen LogP contribution in [-0.2, 0) is 19.9 Å². The van der Waals surface area contributed by atoms with Crippen molar-refractivity contribution in [2.24, 2.45) is 0 Å². The fourth-order valence-electron chi connectivity index (χ4n) is 2.06. The minimum atomic E-state index is -0.567. The molecule has 0 aliphatic carbocycles. The largest absolute Gasteiger partial charge is 0.491 e. The van der Waals surface area contributed by atoms with Gasteiger partial charge in [-0.25, -0.2) is 4.79 Å². The van der Waals surface area contributed by atoms with Crippen molar-refractivity contribution in [2.75, 3.05) is 6.61 Å². The second-order valence-electron chi connectivity index (χ2n) is 5.05. The van der Waals surface area contributed by atoms with Crippen LogP contribution < -0.4 is 4.74 Å². The fourth-order valence-corrected chi connectivity index (χ4v) is 2.06. The van der Waals surface area contributed by atoms with Crippen LogP contribution in [0, 0.1) is 0 Å². The van der Waals surface area contributed by atoms with E-state index in [-0.39, 0.29) is 12.1 Å². The standard InChI is InChI=1S/C15H20O4/c1-5-17-14(16)13-15(4,19-13)11-6-8-12(9-7-11)18-10(2)3/h6-10,13H,5H2,1-4H3. The molecule has 1 aromatic carbocycles. The number of carbonyl (C=O) groups excluding carboxylic acids is 1. The third kappa shape index (κ3) is 2.89. The summed E-state index contributed by atoms with van der Waals surface area (Å²) in [5, 5.41) is 0. The van der Waals surface area contributed by atoms with E-state index in [0.717, 1.165) is 11.3 Å². The summed E-state index contributed by atoms with van der Waals surface area (Å²) in [4.78, 5) is 11.6. The molecule has 2 unspecified atom stereocenters. The van der Waals surface area contributed by atoms with Gasteiger partial charge in [0.1, 0.15) is 11.4 Å². The minimum Gasteiger partial charge on any atom is -0.491 e. The van der Waals surface area contributed by atoms with E-state index >= 15 is 0 Å². The molecule has 0 N–H and O–H groups in total. The molecule has 1 saturated heterocycles. The van der Waals surface area contributed by atoms with Gasteiger partial charge in [0.15, 0.2) is 6.10 Å². The topological polar surface area (TPSA) is 48.1 Å². The van der Waals surface area contributed by atoms with Crippen LogP contribution >= 0.6 is 0 Å². The van der Waals surface area contributed by atoms with Gasteiger partial charge in [-0.2, -0.15) is 0 Å². The predicted octanol–water partition coefficient (Wildman–Crippen LogP) is 2.65. The zero-order valence-corrected chi connectivity index (χ0v) is 11.8. The molecule has 19 heavy (non-hydrogen) atoms. The Morgan fingerprint density at radius 2 is 2.00 bits per heavy atom. The Morgan fingerprint density at radius 1 is 1.37 bits per heavy atom. The molecule has 0 spiro atoms. The molecular weight excluding hydrogens is 244 g/mol. The minimum absolute atomic E-state index is 0.144. The average molecular weight is 264 g/mol. The van der Waals surface area contributed by atoms with Gasteiger partial charge >= 0.3 is 5.97 Å². The van der Waals surface area contributed by atoms with Crippen molar-refractivity contribution >= 4 is 5.97 Å². The maximum atomic E-state index is 11.6. The summed E-state index contributed by atoms with van der Waals surface area (Å²) in [6.07, 6.45) is -0.352. The van der Waals surface area contributed by atoms with Crippen LogP contribution in [0.1, 0.15) is 33.3 Å². The highest BCUT2D eigenvalue weighted by Crippen LogP contribution is 2.46. The number of hydrogen-bond donors (Lipinski definition) is 0. The molecule has 1 aliphatic rings. The Hall–Kier alpha value is -1.55. The van der Waals surface area contributed by atoms with Crippen molar-refractivity contribution in [1.82, 2.24) is 0 Å². The molecule has 4 nitrogen and oxygen atoms in total. The van der Waals surface area contributed by atoms with Crippen LogP contribution in [0.5, 0.6) is 5.75 Å². The molecule has 1 aliphatic heterocycles. The quantitative estimate of drug-likeness (QED) is 0.606. The van der Waals surface area contributed by atoms with Crippen molar-refractivity contribution < 1.29 is 19.0 Å². The number of hydrogen-bond acceptors (Lipinski definition) is 4. The molecule has 1 aromatic rings. The first-order valence-electron chi connectivity index (χ1n) is 6.59. The van der Waals surface area contributed by atoms with Crippen LogP contribution in [0.25, 0.3) is 0 Å². The van der Waals surface area contributed by atoms with Gasteiger partial charge in [-0.05, 0) is 45.4 Å². The molecule has 2 rings (SSSR count). The first-order chi connectivity index (χ1) is 8.97. The van der Waals surface area contributed by atoms with Crippen molar-refractivity contribution in [3.05, 3.63) is 29.8 Å². The first-order valence-corrected chi connectivity index (χ1v) is 6.59. The fraction of sp³-hybridized carbons (Fsp3) is 0.533. The SMILES string of the molecule is CCOC(=O)C1OC1(C)c1ccc(OC(C)C)cc1. The Kier molecular flexibility index (Phi) is 3.80. The van der Waals surface area contributed by atoms with Gasteiger partial charge in [0, 0.05) is 0 Å². The van der Waals surface area contributed by atoms with E-state index in [9.17, 15) is 4.79 Å². The first kappa shape index (κ1) is 13.9. The lowest BCUT2D eigenvalue weighted by molar-refractivity contribution is -0.144. The van der Waals surface area contributed by atoms with Gasteiger partial charge in [-0.1, -0.05) is 12.1 Å². The van der Waals surface area contributed by atoms with Crippen LogP contribution in [0.15, 0.2) is 24.3 Å². The van der Waals surface area contributed by atoms with Gasteiger partial charge < -0.3 is 14.2 Å². The average Bonchev–Trinajstić information content (AvgIpc) is 3.03. The van der Waals surface area contributed by atoms with Gasteiger partial charge in [0.25, 0.3) is 0 Å². The molecule has 0 saturated carbocycles. The van der Waals surface area contributed by atoms with Crippen molar-refractivity contribution in [2.45, 2.75) is 45.5 Å². The number of rotatable bonds is 5. The molecule has 1 fully saturated rings. The summed E-state index contributed by atoms with van der Waals surface area (Å²) in [6, 6.07) is 7.64. The third-order valence-electron chi connectivity index (χ3n) is 3.11. The highest BCUT2D eigenvalue weighted by molar-refractivity contribution is 5.79. The van der Waals surface area contributed by atoms with Gasteiger partial charge in [0.2, 0.25) is 0 Å². The Bertz CT molecular complexity index is 452. The molecule has 4 heteroatoms. The van der Waals surface area contributed by atoms with E-state index in [2.05, 4.69) is 0 Å². The van der Waals surface area contributed by atoms with E-state index < -0.39 is 11.7 Å². The predicted molar refractivity (Wildman–Crippen MR) is 71.1 cm³/mol. The zero-order valence-electron chi connectivity index (χ0n) is 11.8. The normalized spacial score (nSPS) is 25.2. The summed E-state index contributed by atoms with van der Waals surface area (Å²) < 4.78 is 16.1. The molecule has 0 aromatic heterocycles. The summed E-state index contributed by atoms with van der Waals surface area (Å²) in [6.45, 7) is 8.02. The van der Waals surface area contributed by atoms with E-state index in [0.29, 0.717) is 6.61 Å². The van der Waals surface area contributed by atoms with E-state index in [1.807, 2.05) is 45.0 Å². The summed E-state index contributed by atoms with van der Waals surface area (Å²) in [5.74, 6) is 0.517. The van der Waals surface area contributed by atoms with Crippen molar-refractivity contribution in [3.63, 3.8) is 0 Å². The summed E-state index contributed by atoms with van der Waals surface area (Å²) in [5.41, 5.74) is 0.393. The number of epoxide rings is 1. The van der Waals surface area contributed by atoms with Gasteiger partial charge in [-0.15, -0.1) is 0 Å². The van der Waals surface area contributed by atoms with Gasteiger partial charge in [-0.3, -0.25) is 0 Å². The van der Waals surface area contributed by atoms with Crippen LogP contribution in [0.4, 0.5) is 0 Å². The molecular formula is C15H20O4. The number of benzene rings is 1. The van der Waals surface area contributed by atoms with Crippen molar-refractivity contribution in [3.8, 4) is 5.75 Å². The van der Waals surface area contributed by atoms with Crippen LogP contribution in [-0.4, -0.2) is 24.8 Å². The van der Waals surface area contributed by atoms with Crippen molar-refractivity contribution in [1.29, 1.82) is 0 Å². The molecule has 1 heterocycles. The molecule has 0 bridgehead atoms. The van der Waals surface area contributed by atoms with E-state index in [1.54, 1.807) is 6.92 Å². The lowest BCUT2D eigenvalue weighted by Crippen LogP contribution is -2.18. The summed E-state index contributed by atoms with van der Waals surface area (Å²) in [7, 11) is 0. The molecule has 2 atom stereocenters. The van der Waals surface area contributed by atoms with Crippen LogP contribution in [0.2, 0.25) is 0 Å². The Labute approximate surface area is 113 Å². The van der Waals surface area contributed by atoms with E-state index in [1.165, 1.54) is 0 Å². The summed E-state index contributed by atoms with van der Waals surface area (Å²) >= 11 is 0.